The summed E-state index contributed by atoms with van der Waals surface area (Å²) in [6.07, 6.45) is -0.0176. The first kappa shape index (κ1) is 10.5. The van der Waals surface area contributed by atoms with Crippen LogP contribution in [0.4, 0.5) is 0 Å². The molecule has 1 N–H and O–H groups in total. The van der Waals surface area contributed by atoms with Gasteiger partial charge in [-0.3, -0.25) is 4.79 Å². The van der Waals surface area contributed by atoms with E-state index in [-0.39, 0.29) is 18.4 Å². The Hall–Kier alpha value is -0.610. The number of amides is 1. The molecule has 1 aliphatic heterocycles. The summed E-state index contributed by atoms with van der Waals surface area (Å²) in [6.45, 7) is 5.52. The van der Waals surface area contributed by atoms with E-state index in [9.17, 15) is 9.90 Å². The van der Waals surface area contributed by atoms with Gasteiger partial charge in [-0.2, -0.15) is 0 Å². The molecule has 1 atom stereocenters. The van der Waals surface area contributed by atoms with Crippen molar-refractivity contribution in [2.45, 2.75) is 32.5 Å². The standard InChI is InChI=1S/C9H17NO3/c1-7(2)13-4-3-10-6-8(11)5-9(10)12/h7-8,11H,3-6H2,1-2H3. The lowest BCUT2D eigenvalue weighted by atomic mass is 10.3. The van der Waals surface area contributed by atoms with E-state index in [4.69, 9.17) is 4.74 Å². The van der Waals surface area contributed by atoms with Gasteiger partial charge in [0, 0.05) is 13.1 Å². The molecule has 76 valence electrons. The van der Waals surface area contributed by atoms with Crippen molar-refractivity contribution in [1.29, 1.82) is 0 Å². The lowest BCUT2D eigenvalue weighted by Crippen LogP contribution is -2.30. The predicted molar refractivity (Wildman–Crippen MR) is 48.3 cm³/mol. The molecular formula is C9H17NO3. The molecule has 0 aromatic rings. The molecule has 1 amide bonds. The summed E-state index contributed by atoms with van der Waals surface area (Å²) in [5.74, 6) is 0.0276. The van der Waals surface area contributed by atoms with Crippen LogP contribution in [0, 0.1) is 0 Å². The number of hydrogen-bond donors (Lipinski definition) is 1. The second kappa shape index (κ2) is 4.58. The largest absolute Gasteiger partial charge is 0.391 e. The second-order valence-corrected chi connectivity index (χ2v) is 3.62. The number of rotatable bonds is 4. The Morgan fingerprint density at radius 3 is 2.85 bits per heavy atom. The van der Waals surface area contributed by atoms with Crippen molar-refractivity contribution in [3.8, 4) is 0 Å². The molecule has 0 saturated carbocycles. The van der Waals surface area contributed by atoms with Crippen molar-refractivity contribution in [3.05, 3.63) is 0 Å². The summed E-state index contributed by atoms with van der Waals surface area (Å²) in [4.78, 5) is 12.8. The highest BCUT2D eigenvalue weighted by atomic mass is 16.5. The van der Waals surface area contributed by atoms with Gasteiger partial charge in [0.1, 0.15) is 0 Å². The summed E-state index contributed by atoms with van der Waals surface area (Å²) in [7, 11) is 0. The van der Waals surface area contributed by atoms with Crippen LogP contribution in [0.3, 0.4) is 0 Å². The van der Waals surface area contributed by atoms with Gasteiger partial charge >= 0.3 is 0 Å². The van der Waals surface area contributed by atoms with E-state index in [0.717, 1.165) is 0 Å². The van der Waals surface area contributed by atoms with Gasteiger partial charge in [0.25, 0.3) is 0 Å². The number of likely N-dealkylation sites (tertiary alicyclic amines) is 1. The Morgan fingerprint density at radius 1 is 1.69 bits per heavy atom. The molecule has 13 heavy (non-hydrogen) atoms. The van der Waals surface area contributed by atoms with Crippen LogP contribution in [0.15, 0.2) is 0 Å². The summed E-state index contributed by atoms with van der Waals surface area (Å²) in [5.41, 5.74) is 0. The van der Waals surface area contributed by atoms with E-state index in [1.165, 1.54) is 0 Å². The van der Waals surface area contributed by atoms with E-state index >= 15 is 0 Å². The van der Waals surface area contributed by atoms with Crippen molar-refractivity contribution in [2.24, 2.45) is 0 Å². The third-order valence-corrected chi connectivity index (χ3v) is 2.01. The summed E-state index contributed by atoms with van der Waals surface area (Å²) < 4.78 is 5.31. The van der Waals surface area contributed by atoms with Crippen LogP contribution in [-0.2, 0) is 9.53 Å². The number of aliphatic hydroxyl groups is 1. The molecule has 1 aliphatic rings. The van der Waals surface area contributed by atoms with E-state index in [0.29, 0.717) is 19.7 Å². The lowest BCUT2D eigenvalue weighted by Gasteiger charge is -2.16. The smallest absolute Gasteiger partial charge is 0.225 e. The lowest BCUT2D eigenvalue weighted by molar-refractivity contribution is -0.128. The molecule has 0 bridgehead atoms. The Bertz CT molecular complexity index is 182. The molecule has 0 spiro atoms. The van der Waals surface area contributed by atoms with Gasteiger partial charge in [-0.1, -0.05) is 0 Å². The van der Waals surface area contributed by atoms with E-state index in [1.54, 1.807) is 4.90 Å². The number of carbonyl (C=O) groups excluding carboxylic acids is 1. The van der Waals surface area contributed by atoms with Crippen molar-refractivity contribution in [1.82, 2.24) is 4.90 Å². The Morgan fingerprint density at radius 2 is 2.38 bits per heavy atom. The molecule has 0 aromatic heterocycles. The highest BCUT2D eigenvalue weighted by Crippen LogP contribution is 2.09. The Labute approximate surface area is 78.5 Å². The first-order chi connectivity index (χ1) is 6.09. The topological polar surface area (TPSA) is 49.8 Å². The molecule has 1 heterocycles. The van der Waals surface area contributed by atoms with Crippen LogP contribution in [0.25, 0.3) is 0 Å². The molecule has 0 radical (unpaired) electrons. The quantitative estimate of drug-likeness (QED) is 0.674. The van der Waals surface area contributed by atoms with Gasteiger partial charge in [-0.25, -0.2) is 0 Å². The first-order valence-electron chi connectivity index (χ1n) is 4.67. The molecule has 1 rings (SSSR count). The number of aliphatic hydroxyl groups excluding tert-OH is 1. The van der Waals surface area contributed by atoms with Crippen molar-refractivity contribution >= 4 is 5.91 Å². The second-order valence-electron chi connectivity index (χ2n) is 3.62. The van der Waals surface area contributed by atoms with Crippen LogP contribution in [0.2, 0.25) is 0 Å². The monoisotopic (exact) mass is 187 g/mol. The van der Waals surface area contributed by atoms with E-state index < -0.39 is 6.10 Å². The van der Waals surface area contributed by atoms with Gasteiger partial charge in [-0.15, -0.1) is 0 Å². The van der Waals surface area contributed by atoms with Crippen LogP contribution in [0.1, 0.15) is 20.3 Å². The predicted octanol–water partition coefficient (Wildman–Crippen LogP) is 0.00460. The van der Waals surface area contributed by atoms with Crippen molar-refractivity contribution in [3.63, 3.8) is 0 Å². The molecule has 0 aromatic carbocycles. The number of carbonyl (C=O) groups is 1. The van der Waals surface area contributed by atoms with Gasteiger partial charge in [0.15, 0.2) is 0 Å². The maximum Gasteiger partial charge on any atom is 0.225 e. The fourth-order valence-corrected chi connectivity index (χ4v) is 1.37. The minimum atomic E-state index is -0.480. The van der Waals surface area contributed by atoms with E-state index in [2.05, 4.69) is 0 Å². The van der Waals surface area contributed by atoms with Gasteiger partial charge in [-0.05, 0) is 13.8 Å². The Balaban J connectivity index is 2.18. The van der Waals surface area contributed by atoms with Gasteiger partial charge in [0.05, 0.1) is 25.2 Å². The minimum absolute atomic E-state index is 0.0276. The molecular weight excluding hydrogens is 170 g/mol. The fraction of sp³-hybridized carbons (Fsp3) is 0.889. The molecule has 1 fully saturated rings. The molecule has 4 nitrogen and oxygen atoms in total. The zero-order valence-electron chi connectivity index (χ0n) is 8.19. The maximum atomic E-state index is 11.2. The number of nitrogens with zero attached hydrogens (tertiary/aromatic N) is 1. The van der Waals surface area contributed by atoms with Gasteiger partial charge < -0.3 is 14.7 Å². The summed E-state index contributed by atoms with van der Waals surface area (Å²) >= 11 is 0. The molecule has 4 heteroatoms. The third-order valence-electron chi connectivity index (χ3n) is 2.01. The maximum absolute atomic E-state index is 11.2. The van der Waals surface area contributed by atoms with Gasteiger partial charge in [0.2, 0.25) is 5.91 Å². The first-order valence-corrected chi connectivity index (χ1v) is 4.67. The van der Waals surface area contributed by atoms with E-state index in [1.807, 2.05) is 13.8 Å². The highest BCUT2D eigenvalue weighted by molar-refractivity contribution is 5.78. The average molecular weight is 187 g/mol. The highest BCUT2D eigenvalue weighted by Gasteiger charge is 2.27. The minimum Gasteiger partial charge on any atom is -0.391 e. The third kappa shape index (κ3) is 3.32. The van der Waals surface area contributed by atoms with Crippen LogP contribution >= 0.6 is 0 Å². The van der Waals surface area contributed by atoms with Crippen LogP contribution in [-0.4, -0.2) is 47.8 Å². The Kier molecular flexibility index (Phi) is 3.69. The molecule has 1 unspecified atom stereocenters. The summed E-state index contributed by atoms with van der Waals surface area (Å²) in [6, 6.07) is 0. The molecule has 0 aliphatic carbocycles. The number of β-amino-alcohol motifs (C(OH)–C–C–N with tert-alkyl or cyclic N) is 1. The zero-order valence-corrected chi connectivity index (χ0v) is 8.19. The normalized spacial score (nSPS) is 23.2. The van der Waals surface area contributed by atoms with Crippen LogP contribution in [0.5, 0.6) is 0 Å². The summed E-state index contributed by atoms with van der Waals surface area (Å²) in [5, 5.41) is 9.18. The molecule has 1 saturated heterocycles. The number of ether oxygens (including phenoxy) is 1. The zero-order chi connectivity index (χ0) is 9.84. The van der Waals surface area contributed by atoms with Crippen LogP contribution < -0.4 is 0 Å². The van der Waals surface area contributed by atoms with Crippen molar-refractivity contribution in [2.75, 3.05) is 19.7 Å². The van der Waals surface area contributed by atoms with Crippen molar-refractivity contribution < 1.29 is 14.6 Å². The average Bonchev–Trinajstić information content (AvgIpc) is 2.29. The SMILES string of the molecule is CC(C)OCCN1CC(O)CC1=O. The number of hydrogen-bond acceptors (Lipinski definition) is 3. The fourth-order valence-electron chi connectivity index (χ4n) is 1.37.